The maximum Gasteiger partial charge on any atom is 0.573 e. The van der Waals surface area contributed by atoms with Crippen LogP contribution < -0.4 is 9.64 Å². The zero-order chi connectivity index (χ0) is 28.2. The van der Waals surface area contributed by atoms with Crippen LogP contribution in [0.2, 0.25) is 0 Å². The standard InChI is InChI=1S/C28H31F3N2O6/c29-28(30,31)39-19-14-12-18(13-15-19)27(38)33-22-8-2-1-6-20(22)26(21-7-3-9-23(21)33)32(16-4-10-24(34)35)17-5-11-25(36)37/h1-2,6,8,12-15,21,23,26H,3-5,7,9-11,16-17H2,(H,34,35)(H,36,37). The predicted octanol–water partition coefficient (Wildman–Crippen LogP) is 5.49. The van der Waals surface area contributed by atoms with Crippen LogP contribution in [0.5, 0.6) is 5.75 Å². The lowest BCUT2D eigenvalue weighted by atomic mass is 9.81. The second kappa shape index (κ2) is 12.1. The van der Waals surface area contributed by atoms with Crippen molar-refractivity contribution < 1.29 is 42.5 Å². The quantitative estimate of drug-likeness (QED) is 0.383. The fourth-order valence-corrected chi connectivity index (χ4v) is 5.95. The van der Waals surface area contributed by atoms with E-state index in [2.05, 4.69) is 9.64 Å². The van der Waals surface area contributed by atoms with Crippen molar-refractivity contribution in [1.29, 1.82) is 0 Å². The zero-order valence-electron chi connectivity index (χ0n) is 21.3. The van der Waals surface area contributed by atoms with E-state index in [9.17, 15) is 27.6 Å². The number of carbonyl (C=O) groups excluding carboxylic acids is 1. The number of carbonyl (C=O) groups is 3. The molecule has 4 rings (SSSR count). The first kappa shape index (κ1) is 28.4. The van der Waals surface area contributed by atoms with Crippen LogP contribution in [-0.2, 0) is 9.59 Å². The van der Waals surface area contributed by atoms with Gasteiger partial charge in [0.2, 0.25) is 0 Å². The van der Waals surface area contributed by atoms with E-state index in [1.165, 1.54) is 12.1 Å². The summed E-state index contributed by atoms with van der Waals surface area (Å²) < 4.78 is 41.7. The van der Waals surface area contributed by atoms with Gasteiger partial charge in [-0.05, 0) is 80.6 Å². The van der Waals surface area contributed by atoms with E-state index in [1.54, 1.807) is 4.90 Å². The first-order valence-corrected chi connectivity index (χ1v) is 13.0. The Kier molecular flexibility index (Phi) is 8.79. The molecule has 0 spiro atoms. The summed E-state index contributed by atoms with van der Waals surface area (Å²) in [6.45, 7) is 0.950. The molecule has 3 unspecified atom stereocenters. The van der Waals surface area contributed by atoms with Crippen LogP contribution in [0.15, 0.2) is 48.5 Å². The fraction of sp³-hybridized carbons (Fsp3) is 0.464. The fourth-order valence-electron chi connectivity index (χ4n) is 5.95. The first-order chi connectivity index (χ1) is 18.5. The molecule has 8 nitrogen and oxygen atoms in total. The Hall–Kier alpha value is -3.60. The summed E-state index contributed by atoms with van der Waals surface area (Å²) in [7, 11) is 0. The topological polar surface area (TPSA) is 107 Å². The van der Waals surface area contributed by atoms with Gasteiger partial charge in [-0.3, -0.25) is 19.3 Å². The van der Waals surface area contributed by atoms with Gasteiger partial charge < -0.3 is 19.8 Å². The van der Waals surface area contributed by atoms with Crippen LogP contribution in [0.3, 0.4) is 0 Å². The summed E-state index contributed by atoms with van der Waals surface area (Å²) in [5, 5.41) is 18.3. The molecule has 2 aromatic rings. The molecule has 3 atom stereocenters. The Balaban J connectivity index is 1.66. The number of amides is 1. The first-order valence-electron chi connectivity index (χ1n) is 13.0. The van der Waals surface area contributed by atoms with E-state index in [0.29, 0.717) is 31.6 Å². The summed E-state index contributed by atoms with van der Waals surface area (Å²) in [4.78, 5) is 40.1. The van der Waals surface area contributed by atoms with Gasteiger partial charge in [0.15, 0.2) is 0 Å². The normalized spacial score (nSPS) is 20.4. The number of rotatable bonds is 11. The van der Waals surface area contributed by atoms with Crippen molar-refractivity contribution in [3.8, 4) is 5.75 Å². The number of fused-ring (bicyclic) bond motifs is 2. The smallest absolute Gasteiger partial charge is 0.481 e. The number of benzene rings is 2. The minimum absolute atomic E-state index is 0.00342. The lowest BCUT2D eigenvalue weighted by molar-refractivity contribution is -0.274. The average Bonchev–Trinajstić information content (AvgIpc) is 3.34. The monoisotopic (exact) mass is 548 g/mol. The van der Waals surface area contributed by atoms with E-state index < -0.39 is 24.1 Å². The zero-order valence-corrected chi connectivity index (χ0v) is 21.3. The molecule has 210 valence electrons. The molecule has 0 bridgehead atoms. The number of ether oxygens (including phenoxy) is 1. The molecule has 1 saturated carbocycles. The van der Waals surface area contributed by atoms with E-state index in [1.807, 2.05) is 24.3 Å². The molecule has 2 aromatic carbocycles. The lowest BCUT2D eigenvalue weighted by Gasteiger charge is -2.47. The highest BCUT2D eigenvalue weighted by atomic mass is 19.4. The molecule has 2 N–H and O–H groups in total. The van der Waals surface area contributed by atoms with Crippen molar-refractivity contribution in [3.05, 3.63) is 59.7 Å². The van der Waals surface area contributed by atoms with Gasteiger partial charge in [0.25, 0.3) is 5.91 Å². The Labute approximate surface area is 224 Å². The van der Waals surface area contributed by atoms with Crippen molar-refractivity contribution in [1.82, 2.24) is 4.90 Å². The number of halogens is 3. The second-order valence-corrected chi connectivity index (χ2v) is 9.94. The Bertz CT molecular complexity index is 1170. The van der Waals surface area contributed by atoms with Crippen LogP contribution in [0, 0.1) is 5.92 Å². The SMILES string of the molecule is O=C(O)CCCN(CCCC(=O)O)C1c2ccccc2N(C(=O)c2ccc(OC(F)(F)F)cc2)C2CCCC12. The molecule has 11 heteroatoms. The third kappa shape index (κ3) is 6.89. The minimum Gasteiger partial charge on any atom is -0.481 e. The molecule has 1 heterocycles. The number of alkyl halides is 3. The molecule has 0 radical (unpaired) electrons. The van der Waals surface area contributed by atoms with E-state index in [4.69, 9.17) is 10.2 Å². The van der Waals surface area contributed by atoms with E-state index >= 15 is 0 Å². The molecular weight excluding hydrogens is 517 g/mol. The van der Waals surface area contributed by atoms with Crippen molar-refractivity contribution in [2.45, 2.75) is 63.4 Å². The van der Waals surface area contributed by atoms with Gasteiger partial charge in [-0.15, -0.1) is 13.2 Å². The molecule has 1 aliphatic carbocycles. The lowest BCUT2D eigenvalue weighted by Crippen LogP contribution is -2.51. The molecule has 0 aromatic heterocycles. The van der Waals surface area contributed by atoms with Crippen molar-refractivity contribution >= 4 is 23.5 Å². The van der Waals surface area contributed by atoms with Gasteiger partial charge in [-0.2, -0.15) is 0 Å². The number of aliphatic carboxylic acids is 2. The predicted molar refractivity (Wildman–Crippen MR) is 136 cm³/mol. The number of hydrogen-bond donors (Lipinski definition) is 2. The molecule has 1 aliphatic heterocycles. The maximum absolute atomic E-state index is 13.8. The van der Waals surface area contributed by atoms with Crippen LogP contribution in [-0.4, -0.2) is 58.5 Å². The van der Waals surface area contributed by atoms with Crippen LogP contribution >= 0.6 is 0 Å². The molecule has 2 aliphatic rings. The molecule has 1 amide bonds. The summed E-state index contributed by atoms with van der Waals surface area (Å²) in [6, 6.07) is 12.1. The molecule has 0 saturated heterocycles. The highest BCUT2D eigenvalue weighted by Gasteiger charge is 2.47. The van der Waals surface area contributed by atoms with Crippen molar-refractivity contribution in [2.24, 2.45) is 5.92 Å². The van der Waals surface area contributed by atoms with E-state index in [-0.39, 0.29) is 42.3 Å². The van der Waals surface area contributed by atoms with Gasteiger partial charge in [0.05, 0.1) is 0 Å². The molecular formula is C28H31F3N2O6. The number of para-hydroxylation sites is 1. The number of carboxylic acids is 2. The molecule has 39 heavy (non-hydrogen) atoms. The summed E-state index contributed by atoms with van der Waals surface area (Å²) in [5.41, 5.74) is 1.84. The van der Waals surface area contributed by atoms with Gasteiger partial charge in [0, 0.05) is 36.2 Å². The molecule has 1 fully saturated rings. The third-order valence-electron chi connectivity index (χ3n) is 7.40. The Morgan fingerprint density at radius 2 is 1.54 bits per heavy atom. The second-order valence-electron chi connectivity index (χ2n) is 9.94. The van der Waals surface area contributed by atoms with Crippen molar-refractivity contribution in [3.63, 3.8) is 0 Å². The third-order valence-corrected chi connectivity index (χ3v) is 7.40. The number of hydrogen-bond acceptors (Lipinski definition) is 5. The van der Waals surface area contributed by atoms with Crippen LogP contribution in [0.4, 0.5) is 18.9 Å². The average molecular weight is 549 g/mol. The minimum atomic E-state index is -4.83. The maximum atomic E-state index is 13.8. The Morgan fingerprint density at radius 3 is 2.13 bits per heavy atom. The number of carboxylic acid groups (broad SMARTS) is 2. The largest absolute Gasteiger partial charge is 0.573 e. The van der Waals surface area contributed by atoms with Gasteiger partial charge in [-0.25, -0.2) is 0 Å². The van der Waals surface area contributed by atoms with Gasteiger partial charge in [0.1, 0.15) is 5.75 Å². The summed E-state index contributed by atoms with van der Waals surface area (Å²) in [5.74, 6) is -2.49. The summed E-state index contributed by atoms with van der Waals surface area (Å²) in [6.07, 6.45) is -1.56. The highest BCUT2D eigenvalue weighted by Crippen LogP contribution is 2.50. The van der Waals surface area contributed by atoms with Crippen LogP contribution in [0.25, 0.3) is 0 Å². The van der Waals surface area contributed by atoms with Crippen LogP contribution in [0.1, 0.15) is 66.9 Å². The van der Waals surface area contributed by atoms with Gasteiger partial charge >= 0.3 is 18.3 Å². The number of anilines is 1. The Morgan fingerprint density at radius 1 is 0.923 bits per heavy atom. The van der Waals surface area contributed by atoms with Gasteiger partial charge in [-0.1, -0.05) is 24.6 Å². The number of nitrogens with zero attached hydrogens (tertiary/aromatic N) is 2. The van der Waals surface area contributed by atoms with E-state index in [0.717, 1.165) is 37.0 Å². The summed E-state index contributed by atoms with van der Waals surface area (Å²) >= 11 is 0. The van der Waals surface area contributed by atoms with Crippen molar-refractivity contribution in [2.75, 3.05) is 18.0 Å². The highest BCUT2D eigenvalue weighted by molar-refractivity contribution is 6.07.